The minimum Gasteiger partial charge on any atom is -0.478 e. The van der Waals surface area contributed by atoms with Crippen molar-refractivity contribution in [1.82, 2.24) is 40.1 Å². The van der Waals surface area contributed by atoms with Gasteiger partial charge in [0.1, 0.15) is 0 Å². The van der Waals surface area contributed by atoms with Crippen molar-refractivity contribution in [3.8, 4) is 0 Å². The predicted molar refractivity (Wildman–Crippen MR) is 229 cm³/mol. The van der Waals surface area contributed by atoms with Gasteiger partial charge >= 0.3 is 17.9 Å². The molecule has 61 heavy (non-hydrogen) atoms. The van der Waals surface area contributed by atoms with Crippen LogP contribution in [0.2, 0.25) is 0 Å². The normalized spacial score (nSPS) is 13.6. The highest BCUT2D eigenvalue weighted by Gasteiger charge is 2.25. The van der Waals surface area contributed by atoms with E-state index in [4.69, 9.17) is 39.9 Å². The number of ether oxygens (including phenoxy) is 1. The molecule has 17 nitrogen and oxygen atoms in total. The summed E-state index contributed by atoms with van der Waals surface area (Å²) in [5.74, 6) is -1.97. The van der Waals surface area contributed by atoms with Crippen LogP contribution in [-0.2, 0) is 38.3 Å². The first-order valence-electron chi connectivity index (χ1n) is 18.0. The number of halogens is 3. The molecule has 2 aliphatic rings. The molecule has 0 radical (unpaired) electrons. The summed E-state index contributed by atoms with van der Waals surface area (Å²) in [6, 6.07) is 5.01. The van der Waals surface area contributed by atoms with Gasteiger partial charge in [-0.2, -0.15) is 0 Å². The Kier molecular flexibility index (Phi) is 23.7. The molecule has 3 aromatic rings. The van der Waals surface area contributed by atoms with Gasteiger partial charge in [0.2, 0.25) is 11.1 Å². The fourth-order valence-corrected chi connectivity index (χ4v) is 3.77. The lowest BCUT2D eigenvalue weighted by Crippen LogP contribution is -2.37. The van der Waals surface area contributed by atoms with Crippen LogP contribution in [0.3, 0.4) is 0 Å². The molecule has 20 heteroatoms. The van der Waals surface area contributed by atoms with Crippen LogP contribution in [0.15, 0.2) is 95.8 Å². The first kappa shape index (κ1) is 52.7. The molecule has 3 amide bonds. The van der Waals surface area contributed by atoms with E-state index in [9.17, 15) is 33.6 Å². The van der Waals surface area contributed by atoms with Crippen LogP contribution in [0.5, 0.6) is 0 Å². The number of rotatable bonds is 6. The molecule has 0 unspecified atom stereocenters. The van der Waals surface area contributed by atoms with E-state index in [0.717, 1.165) is 23.5 Å². The second-order valence-corrected chi connectivity index (χ2v) is 15.3. The molecule has 0 saturated carbocycles. The number of aromatic nitrogens is 6. The molecule has 5 heterocycles. The number of esters is 2. The molecule has 0 atom stereocenters. The van der Waals surface area contributed by atoms with Gasteiger partial charge in [-0.25, -0.2) is 39.5 Å². The number of carbonyl (C=O) groups is 7. The van der Waals surface area contributed by atoms with Crippen LogP contribution in [0.4, 0.5) is 0 Å². The molecule has 0 aliphatic carbocycles. The van der Waals surface area contributed by atoms with Gasteiger partial charge in [0.05, 0.1) is 5.41 Å². The molecule has 2 aliphatic heterocycles. The number of nitrogens with one attached hydrogen (secondary N) is 1. The summed E-state index contributed by atoms with van der Waals surface area (Å²) in [5, 5.41) is 11.7. The van der Waals surface area contributed by atoms with Gasteiger partial charge in [-0.3, -0.25) is 28.9 Å². The lowest BCUT2D eigenvalue weighted by atomic mass is 9.97. The van der Waals surface area contributed by atoms with Crippen molar-refractivity contribution in [2.45, 2.75) is 54.4 Å². The van der Waals surface area contributed by atoms with Gasteiger partial charge < -0.3 is 15.2 Å². The first-order valence-corrected chi connectivity index (χ1v) is 19.1. The average molecular weight is 900 g/mol. The maximum atomic E-state index is 11.8. The number of hydrogen-bond donors (Lipinski definition) is 2. The van der Waals surface area contributed by atoms with Gasteiger partial charge in [-0.15, -0.1) is 0 Å². The van der Waals surface area contributed by atoms with Gasteiger partial charge in [-0.1, -0.05) is 44.0 Å². The van der Waals surface area contributed by atoms with Crippen molar-refractivity contribution in [3.05, 3.63) is 113 Å². The highest BCUT2D eigenvalue weighted by atomic mass is 35.5. The number of hydrogen-bond acceptors (Lipinski definition) is 14. The molecule has 0 spiro atoms. The van der Waals surface area contributed by atoms with E-state index >= 15 is 0 Å². The Labute approximate surface area is 367 Å². The van der Waals surface area contributed by atoms with E-state index in [2.05, 4.69) is 40.0 Å². The van der Waals surface area contributed by atoms with Gasteiger partial charge in [-0.05, 0) is 68.8 Å². The maximum Gasteiger partial charge on any atom is 0.338 e. The highest BCUT2D eigenvalue weighted by Crippen LogP contribution is 2.17. The minimum absolute atomic E-state index is 0.0822. The van der Waals surface area contributed by atoms with Crippen LogP contribution in [-0.4, -0.2) is 93.9 Å². The molecule has 324 valence electrons. The lowest BCUT2D eigenvalue weighted by molar-refractivity contribution is -0.162. The summed E-state index contributed by atoms with van der Waals surface area (Å²) in [5.41, 5.74) is -1.08. The Morgan fingerprint density at radius 1 is 0.689 bits per heavy atom. The lowest BCUT2D eigenvalue weighted by Gasteiger charge is -2.21. The third-order valence-electron chi connectivity index (χ3n) is 6.61. The Bertz CT molecular complexity index is 2100. The van der Waals surface area contributed by atoms with Crippen molar-refractivity contribution in [1.29, 1.82) is 0 Å². The third-order valence-corrected chi connectivity index (χ3v) is 7.77. The molecule has 0 fully saturated rings. The number of carbonyl (C=O) groups excluding carboxylic acids is 6. The quantitative estimate of drug-likeness (QED) is 0.125. The summed E-state index contributed by atoms with van der Waals surface area (Å²) in [6.07, 6.45) is 20.9. The fraction of sp³-hybridized carbons (Fsp3) is 0.293. The smallest absolute Gasteiger partial charge is 0.338 e. The Balaban J connectivity index is 0.000000400. The van der Waals surface area contributed by atoms with E-state index in [0.29, 0.717) is 47.0 Å². The Morgan fingerprint density at radius 3 is 1.48 bits per heavy atom. The monoisotopic (exact) mass is 898 g/mol. The van der Waals surface area contributed by atoms with Gasteiger partial charge in [0.15, 0.2) is 17.5 Å². The Morgan fingerprint density at radius 2 is 1.11 bits per heavy atom. The number of amides is 3. The fourth-order valence-electron chi connectivity index (χ4n) is 3.39. The van der Waals surface area contributed by atoms with Gasteiger partial charge in [0.25, 0.3) is 11.8 Å². The van der Waals surface area contributed by atoms with E-state index < -0.39 is 35.1 Å². The largest absolute Gasteiger partial charge is 0.478 e. The zero-order valence-electron chi connectivity index (χ0n) is 34.1. The summed E-state index contributed by atoms with van der Waals surface area (Å²) >= 11 is 16.3. The van der Waals surface area contributed by atoms with E-state index in [-0.39, 0.29) is 16.6 Å². The van der Waals surface area contributed by atoms with Crippen LogP contribution in [0.25, 0.3) is 18.2 Å². The zero-order chi connectivity index (χ0) is 46.0. The van der Waals surface area contributed by atoms with E-state index in [1.54, 1.807) is 96.9 Å². The zero-order valence-corrected chi connectivity index (χ0v) is 36.4. The Hall–Kier alpha value is -6.30. The first-order chi connectivity index (χ1) is 28.6. The van der Waals surface area contributed by atoms with Crippen molar-refractivity contribution in [3.63, 3.8) is 0 Å². The number of carboxylic acid groups (broad SMARTS) is 1. The van der Waals surface area contributed by atoms with Crippen molar-refractivity contribution >= 4 is 93.9 Å². The van der Waals surface area contributed by atoms with E-state index in [1.165, 1.54) is 36.5 Å². The topological polar surface area (TPSA) is 242 Å². The number of nitrogens with zero attached hydrogens (tertiary/aromatic N) is 7. The molecule has 0 aromatic carbocycles. The van der Waals surface area contributed by atoms with E-state index in [1.807, 2.05) is 0 Å². The summed E-state index contributed by atoms with van der Waals surface area (Å²) in [4.78, 5) is 101. The summed E-state index contributed by atoms with van der Waals surface area (Å²) in [6.45, 7) is 11.3. The SMILES string of the molecule is CC(C)(C)C(=O)Cl.CC(C)(C)C(=O)OC(=O)/C=C/c1ncccn1.O=C(O)/C=C/c1ncccn1.O=C1C=C(Cl)CCN1.O=C1C=C(Cl)CCN1C(=O)/C=C/c1ncccn1. The standard InChI is InChI=1S/C12H10ClN3O2.C12H14N2O3.C7H6N2O2.C5H6ClNO.C5H9ClO/c13-9-4-7-16(12(18)8-9)11(17)3-2-10-14-5-1-6-15-10;1-12(2,3)11(16)17-10(15)6-5-9-13-7-4-8-14-9;10-7(11)3-2-6-8-4-1-5-9-6;6-4-1-2-7-5(8)3-4;1-5(2,3)4(6)7/h1-3,5-6,8H,4,7H2;4-8H,1-3H3;1-5H,(H,10,11);3H,1-2H2,(H,7,8);1-3H3/b3-2+;6-5+;3-2+;;. The van der Waals surface area contributed by atoms with Crippen molar-refractivity contribution in [2.75, 3.05) is 13.1 Å². The van der Waals surface area contributed by atoms with Crippen LogP contribution < -0.4 is 5.32 Å². The van der Waals surface area contributed by atoms with Crippen LogP contribution in [0.1, 0.15) is 71.9 Å². The molecule has 0 saturated heterocycles. The van der Waals surface area contributed by atoms with Crippen molar-refractivity contribution < 1.29 is 43.4 Å². The minimum atomic E-state index is -1.00. The number of aliphatic carboxylic acids is 1. The van der Waals surface area contributed by atoms with Crippen LogP contribution in [0, 0.1) is 10.8 Å². The average Bonchev–Trinajstić information content (AvgIpc) is 3.20. The highest BCUT2D eigenvalue weighted by molar-refractivity contribution is 6.64. The molecule has 2 N–H and O–H groups in total. The summed E-state index contributed by atoms with van der Waals surface area (Å²) in [7, 11) is 0. The van der Waals surface area contributed by atoms with Gasteiger partial charge in [0, 0.05) is 109 Å². The summed E-state index contributed by atoms with van der Waals surface area (Å²) < 4.78 is 4.62. The third kappa shape index (κ3) is 25.0. The number of imide groups is 1. The molecular weight excluding hydrogens is 855 g/mol. The number of carboxylic acids is 1. The molecule has 0 bridgehead atoms. The maximum absolute atomic E-state index is 11.8. The van der Waals surface area contributed by atoms with Crippen molar-refractivity contribution in [2.24, 2.45) is 10.8 Å². The molecule has 5 rings (SSSR count). The predicted octanol–water partition coefficient (Wildman–Crippen LogP) is 5.98. The molecular formula is C41H45Cl3N8O9. The second kappa shape index (κ2) is 27.5. The molecule has 3 aromatic heterocycles. The van der Waals surface area contributed by atoms with Crippen LogP contribution >= 0.6 is 34.8 Å². The second-order valence-electron chi connectivity index (χ2n) is 13.9.